The van der Waals surface area contributed by atoms with Gasteiger partial charge in [0.1, 0.15) is 24.1 Å². The highest BCUT2D eigenvalue weighted by Gasteiger charge is 2.19. The van der Waals surface area contributed by atoms with E-state index >= 15 is 0 Å². The Labute approximate surface area is 198 Å². The van der Waals surface area contributed by atoms with Crippen LogP contribution in [0.4, 0.5) is 5.69 Å². The number of carbonyl (C=O) groups excluding carboxylic acids is 1. The highest BCUT2D eigenvalue weighted by molar-refractivity contribution is 7.98. The Morgan fingerprint density at radius 1 is 1.18 bits per heavy atom. The van der Waals surface area contributed by atoms with Gasteiger partial charge in [0.15, 0.2) is 5.82 Å². The van der Waals surface area contributed by atoms with Crippen molar-refractivity contribution in [3.63, 3.8) is 0 Å². The number of aromatic nitrogens is 5. The van der Waals surface area contributed by atoms with Crippen LogP contribution in [0, 0.1) is 13.8 Å². The Bertz CT molecular complexity index is 1600. The van der Waals surface area contributed by atoms with Gasteiger partial charge in [0.25, 0.3) is 5.56 Å². The molecule has 0 fully saturated rings. The molecule has 3 heterocycles. The number of rotatable bonds is 6. The minimum atomic E-state index is -0.285. The Morgan fingerprint density at radius 2 is 2.03 bits per heavy atom. The zero-order valence-corrected chi connectivity index (χ0v) is 19.7. The average Bonchev–Trinajstić information content (AvgIpc) is 3.36. The van der Waals surface area contributed by atoms with Gasteiger partial charge in [0.05, 0.1) is 11.8 Å². The van der Waals surface area contributed by atoms with Gasteiger partial charge >= 0.3 is 0 Å². The third kappa shape index (κ3) is 4.08. The highest BCUT2D eigenvalue weighted by atomic mass is 32.2. The zero-order chi connectivity index (χ0) is 23.8. The van der Waals surface area contributed by atoms with Crippen molar-refractivity contribution in [3.8, 4) is 0 Å². The Morgan fingerprint density at radius 3 is 2.79 bits per heavy atom. The van der Waals surface area contributed by atoms with E-state index in [1.165, 1.54) is 10.9 Å². The zero-order valence-electron chi connectivity index (χ0n) is 18.9. The molecule has 9 nitrogen and oxygen atoms in total. The minimum absolute atomic E-state index is 0.0346. The summed E-state index contributed by atoms with van der Waals surface area (Å²) in [5.74, 6) is 0.564. The molecule has 0 aliphatic heterocycles. The van der Waals surface area contributed by atoms with Crippen LogP contribution in [0.1, 0.15) is 17.3 Å². The number of benzene rings is 2. The fraction of sp³-hybridized carbons (Fsp3) is 0.208. The minimum Gasteiger partial charge on any atom is -0.337 e. The molecule has 0 bridgehead atoms. The summed E-state index contributed by atoms with van der Waals surface area (Å²) in [7, 11) is 0. The van der Waals surface area contributed by atoms with E-state index in [2.05, 4.69) is 20.4 Å². The van der Waals surface area contributed by atoms with Gasteiger partial charge in [0, 0.05) is 16.0 Å². The Kier molecular flexibility index (Phi) is 5.66. The lowest BCUT2D eigenvalue weighted by atomic mass is 10.1. The number of nitrogens with zero attached hydrogens (tertiary/aromatic N) is 5. The van der Waals surface area contributed by atoms with Crippen molar-refractivity contribution in [1.82, 2.24) is 24.3 Å². The summed E-state index contributed by atoms with van der Waals surface area (Å²) >= 11 is 1.60. The second-order valence-electron chi connectivity index (χ2n) is 8.00. The molecule has 0 aliphatic carbocycles. The first-order valence-electron chi connectivity index (χ1n) is 10.6. The molecule has 3 aromatic heterocycles. The SMILES string of the molecule is CSc1cccc(NC(=O)Cn2c3ccc(C)cc3c3ncn(Cc4nc(C)no4)c(=O)c32)c1. The lowest BCUT2D eigenvalue weighted by Crippen LogP contribution is -2.25. The number of fused-ring (bicyclic) bond motifs is 3. The molecule has 2 aromatic carbocycles. The van der Waals surface area contributed by atoms with Crippen molar-refractivity contribution in [1.29, 1.82) is 0 Å². The normalized spacial score (nSPS) is 11.4. The van der Waals surface area contributed by atoms with Crippen molar-refractivity contribution >= 4 is 45.3 Å². The molecular formula is C24H22N6O3S. The predicted molar refractivity (Wildman–Crippen MR) is 131 cm³/mol. The van der Waals surface area contributed by atoms with Gasteiger partial charge in [0.2, 0.25) is 11.8 Å². The summed E-state index contributed by atoms with van der Waals surface area (Å²) in [5, 5.41) is 7.54. The second-order valence-corrected chi connectivity index (χ2v) is 8.88. The van der Waals surface area contributed by atoms with E-state index in [0.717, 1.165) is 21.4 Å². The number of aryl methyl sites for hydroxylation is 2. The molecule has 1 amide bonds. The summed E-state index contributed by atoms with van der Waals surface area (Å²) in [4.78, 5) is 36.3. The van der Waals surface area contributed by atoms with Gasteiger partial charge in [-0.15, -0.1) is 11.8 Å². The van der Waals surface area contributed by atoms with Crippen molar-refractivity contribution in [2.45, 2.75) is 31.8 Å². The topological polar surface area (TPSA) is 108 Å². The lowest BCUT2D eigenvalue weighted by molar-refractivity contribution is -0.116. The molecule has 0 saturated heterocycles. The summed E-state index contributed by atoms with van der Waals surface area (Å²) in [6.45, 7) is 3.75. The summed E-state index contributed by atoms with van der Waals surface area (Å²) in [6, 6.07) is 13.5. The van der Waals surface area contributed by atoms with E-state index < -0.39 is 0 Å². The number of hydrogen-bond acceptors (Lipinski definition) is 7. The van der Waals surface area contributed by atoms with Gasteiger partial charge in [-0.2, -0.15) is 4.98 Å². The smallest absolute Gasteiger partial charge is 0.278 e. The van der Waals surface area contributed by atoms with Crippen LogP contribution in [-0.2, 0) is 17.9 Å². The molecule has 1 N–H and O–H groups in total. The Hall–Kier alpha value is -3.92. The van der Waals surface area contributed by atoms with Crippen LogP contribution in [0.15, 0.2) is 63.0 Å². The van der Waals surface area contributed by atoms with E-state index in [1.807, 2.05) is 55.6 Å². The number of hydrogen-bond donors (Lipinski definition) is 1. The molecule has 34 heavy (non-hydrogen) atoms. The van der Waals surface area contributed by atoms with Crippen molar-refractivity contribution in [3.05, 3.63) is 76.4 Å². The molecule has 0 saturated carbocycles. The van der Waals surface area contributed by atoms with E-state index in [4.69, 9.17) is 4.52 Å². The van der Waals surface area contributed by atoms with Gasteiger partial charge in [-0.1, -0.05) is 22.9 Å². The monoisotopic (exact) mass is 474 g/mol. The standard InChI is InChI=1S/C24H22N6O3S/c1-14-7-8-19-18(9-14)22-23(24(32)29(13-25-22)12-21-26-15(2)28-33-21)30(19)11-20(31)27-16-5-4-6-17(10-16)34-3/h4-10,13H,11-12H2,1-3H3,(H,27,31). The predicted octanol–water partition coefficient (Wildman–Crippen LogP) is 3.76. The molecule has 0 aliphatic rings. The fourth-order valence-corrected chi connectivity index (χ4v) is 4.45. The van der Waals surface area contributed by atoms with Crippen LogP contribution in [0.2, 0.25) is 0 Å². The van der Waals surface area contributed by atoms with E-state index in [9.17, 15) is 9.59 Å². The van der Waals surface area contributed by atoms with Crippen molar-refractivity contribution in [2.75, 3.05) is 11.6 Å². The molecule has 5 rings (SSSR count). The van der Waals surface area contributed by atoms with E-state index in [1.54, 1.807) is 23.3 Å². The first-order valence-corrected chi connectivity index (χ1v) is 11.9. The molecule has 0 radical (unpaired) electrons. The van der Waals surface area contributed by atoms with Crippen LogP contribution in [-0.4, -0.2) is 36.4 Å². The van der Waals surface area contributed by atoms with Gasteiger partial charge < -0.3 is 14.4 Å². The summed E-state index contributed by atoms with van der Waals surface area (Å²) < 4.78 is 8.31. The van der Waals surface area contributed by atoms with E-state index in [-0.39, 0.29) is 24.6 Å². The van der Waals surface area contributed by atoms with Gasteiger partial charge in [-0.25, -0.2) is 4.98 Å². The third-order valence-electron chi connectivity index (χ3n) is 5.51. The molecule has 0 spiro atoms. The van der Waals surface area contributed by atoms with Crippen LogP contribution in [0.5, 0.6) is 0 Å². The maximum absolute atomic E-state index is 13.5. The Balaban J connectivity index is 1.58. The fourth-order valence-electron chi connectivity index (χ4n) is 3.99. The molecule has 5 aromatic rings. The van der Waals surface area contributed by atoms with E-state index in [0.29, 0.717) is 28.4 Å². The highest BCUT2D eigenvalue weighted by Crippen LogP contribution is 2.27. The second kappa shape index (κ2) is 8.79. The van der Waals surface area contributed by atoms with Gasteiger partial charge in [-0.3, -0.25) is 14.2 Å². The number of thioether (sulfide) groups is 1. The maximum atomic E-state index is 13.5. The van der Waals surface area contributed by atoms with Crippen LogP contribution < -0.4 is 10.9 Å². The van der Waals surface area contributed by atoms with Gasteiger partial charge in [-0.05, 0) is 50.4 Å². The molecule has 172 valence electrons. The summed E-state index contributed by atoms with van der Waals surface area (Å²) in [6.07, 6.45) is 3.46. The lowest BCUT2D eigenvalue weighted by Gasteiger charge is -2.10. The largest absolute Gasteiger partial charge is 0.337 e. The average molecular weight is 475 g/mol. The number of anilines is 1. The quantitative estimate of drug-likeness (QED) is 0.373. The first-order chi connectivity index (χ1) is 16.4. The number of nitrogens with one attached hydrogen (secondary N) is 1. The van der Waals surface area contributed by atoms with Crippen molar-refractivity contribution < 1.29 is 9.32 Å². The molecular weight excluding hydrogens is 452 g/mol. The van der Waals surface area contributed by atoms with Crippen molar-refractivity contribution in [2.24, 2.45) is 0 Å². The molecule has 10 heteroatoms. The van der Waals surface area contributed by atoms with Crippen LogP contribution in [0.25, 0.3) is 21.9 Å². The maximum Gasteiger partial charge on any atom is 0.278 e. The molecule has 0 atom stereocenters. The third-order valence-corrected chi connectivity index (χ3v) is 6.24. The molecule has 0 unspecified atom stereocenters. The first kappa shape index (κ1) is 21.9. The summed E-state index contributed by atoms with van der Waals surface area (Å²) in [5.41, 5.74) is 3.13. The number of carbonyl (C=O) groups is 1. The van der Waals surface area contributed by atoms with Crippen LogP contribution >= 0.6 is 11.8 Å². The number of amides is 1. The van der Waals surface area contributed by atoms with Crippen LogP contribution in [0.3, 0.4) is 0 Å².